The van der Waals surface area contributed by atoms with Crippen molar-refractivity contribution in [3.63, 3.8) is 0 Å². The number of hydrogen-bond donors (Lipinski definition) is 2. The van der Waals surface area contributed by atoms with E-state index in [-0.39, 0.29) is 17.9 Å². The summed E-state index contributed by atoms with van der Waals surface area (Å²) in [5.74, 6) is -0.381. The molecule has 1 atom stereocenters. The molecule has 1 fully saturated rings. The van der Waals surface area contributed by atoms with Crippen molar-refractivity contribution in [2.24, 2.45) is 0 Å². The highest BCUT2D eigenvalue weighted by Gasteiger charge is 2.26. The lowest BCUT2D eigenvalue weighted by atomic mass is 10.0. The monoisotopic (exact) mass is 373 g/mol. The smallest absolute Gasteiger partial charge is 0.273 e. The maximum Gasteiger partial charge on any atom is 0.273 e. The molecule has 0 aliphatic carbocycles. The lowest BCUT2D eigenvalue weighted by Crippen LogP contribution is -2.51. The second-order valence-corrected chi connectivity index (χ2v) is 7.03. The summed E-state index contributed by atoms with van der Waals surface area (Å²) in [7, 11) is 0. The van der Waals surface area contributed by atoms with E-state index < -0.39 is 0 Å². The predicted octanol–water partition coefficient (Wildman–Crippen LogP) is 3.27. The van der Waals surface area contributed by atoms with Crippen LogP contribution in [0.4, 0.5) is 0 Å². The molecule has 1 aliphatic rings. The van der Waals surface area contributed by atoms with Crippen molar-refractivity contribution in [3.8, 4) is 0 Å². The minimum Gasteiger partial charge on any atom is -0.306 e. The van der Waals surface area contributed by atoms with E-state index in [0.29, 0.717) is 12.1 Å². The maximum atomic E-state index is 13.4. The lowest BCUT2D eigenvalue weighted by molar-refractivity contribution is -0.126. The molecule has 3 aromatic rings. The fraction of sp³-hybridized carbons (Fsp3) is 0.217. The Labute approximate surface area is 164 Å². The third-order valence-electron chi connectivity index (χ3n) is 5.07. The maximum absolute atomic E-state index is 13.4. The quantitative estimate of drug-likeness (QED) is 0.690. The number of carbonyl (C=O) groups is 2. The molecule has 142 valence electrons. The fourth-order valence-electron chi connectivity index (χ4n) is 3.60. The van der Waals surface area contributed by atoms with E-state index in [0.717, 1.165) is 35.7 Å². The number of amides is 2. The van der Waals surface area contributed by atoms with Gasteiger partial charge in [0.15, 0.2) is 0 Å². The van der Waals surface area contributed by atoms with E-state index in [1.807, 2.05) is 72.8 Å². The zero-order chi connectivity index (χ0) is 19.3. The SMILES string of the molecule is O=C(NN(Cc1ccccc1)C(=O)c1cccc2ccccc12)C1CCCN1. The van der Waals surface area contributed by atoms with Gasteiger partial charge in [-0.3, -0.25) is 15.0 Å². The number of rotatable bonds is 4. The van der Waals surface area contributed by atoms with Crippen LogP contribution in [0.3, 0.4) is 0 Å². The summed E-state index contributed by atoms with van der Waals surface area (Å²) in [6, 6.07) is 22.9. The summed E-state index contributed by atoms with van der Waals surface area (Å²) >= 11 is 0. The summed E-state index contributed by atoms with van der Waals surface area (Å²) in [6.07, 6.45) is 1.75. The molecule has 2 amide bonds. The van der Waals surface area contributed by atoms with Crippen LogP contribution >= 0.6 is 0 Å². The normalized spacial score (nSPS) is 16.1. The Bertz CT molecular complexity index is 976. The highest BCUT2D eigenvalue weighted by Crippen LogP contribution is 2.20. The number of nitrogens with one attached hydrogen (secondary N) is 2. The van der Waals surface area contributed by atoms with Gasteiger partial charge in [-0.05, 0) is 41.8 Å². The average molecular weight is 373 g/mol. The van der Waals surface area contributed by atoms with E-state index in [9.17, 15) is 9.59 Å². The molecule has 0 bridgehead atoms. The van der Waals surface area contributed by atoms with Crippen LogP contribution < -0.4 is 10.7 Å². The highest BCUT2D eigenvalue weighted by molar-refractivity contribution is 6.07. The van der Waals surface area contributed by atoms with Crippen LogP contribution in [0.1, 0.15) is 28.8 Å². The van der Waals surface area contributed by atoms with Crippen molar-refractivity contribution in [2.45, 2.75) is 25.4 Å². The number of fused-ring (bicyclic) bond motifs is 1. The van der Waals surface area contributed by atoms with Crippen LogP contribution in [0.2, 0.25) is 0 Å². The Balaban J connectivity index is 1.65. The van der Waals surface area contributed by atoms with Gasteiger partial charge in [-0.15, -0.1) is 0 Å². The Morgan fingerprint density at radius 1 is 0.964 bits per heavy atom. The second-order valence-electron chi connectivity index (χ2n) is 7.03. The van der Waals surface area contributed by atoms with Gasteiger partial charge in [0.05, 0.1) is 12.6 Å². The minimum absolute atomic E-state index is 0.165. The third-order valence-corrected chi connectivity index (χ3v) is 5.07. The molecule has 3 aromatic carbocycles. The summed E-state index contributed by atoms with van der Waals surface area (Å²) in [5.41, 5.74) is 4.38. The van der Waals surface area contributed by atoms with Crippen LogP contribution in [0.15, 0.2) is 72.8 Å². The number of benzene rings is 3. The number of hydrogen-bond acceptors (Lipinski definition) is 3. The molecule has 28 heavy (non-hydrogen) atoms. The first-order chi connectivity index (χ1) is 13.7. The average Bonchev–Trinajstić information content (AvgIpc) is 3.28. The molecule has 1 saturated heterocycles. The number of carbonyl (C=O) groups excluding carboxylic acids is 2. The van der Waals surface area contributed by atoms with Gasteiger partial charge >= 0.3 is 0 Å². The molecule has 5 heteroatoms. The minimum atomic E-state index is -0.251. The lowest BCUT2D eigenvalue weighted by Gasteiger charge is -2.25. The van der Waals surface area contributed by atoms with Crippen LogP contribution in [0, 0.1) is 0 Å². The Morgan fingerprint density at radius 3 is 2.50 bits per heavy atom. The molecule has 0 radical (unpaired) electrons. The molecule has 0 saturated carbocycles. The van der Waals surface area contributed by atoms with Crippen molar-refractivity contribution >= 4 is 22.6 Å². The molecule has 1 heterocycles. The van der Waals surface area contributed by atoms with Crippen molar-refractivity contribution in [3.05, 3.63) is 83.9 Å². The zero-order valence-corrected chi connectivity index (χ0v) is 15.6. The van der Waals surface area contributed by atoms with Crippen LogP contribution in [0.25, 0.3) is 10.8 Å². The summed E-state index contributed by atoms with van der Waals surface area (Å²) in [4.78, 5) is 26.1. The summed E-state index contributed by atoms with van der Waals surface area (Å²) in [5, 5.41) is 6.49. The Morgan fingerprint density at radius 2 is 1.71 bits per heavy atom. The van der Waals surface area contributed by atoms with E-state index in [4.69, 9.17) is 0 Å². The van der Waals surface area contributed by atoms with Crippen molar-refractivity contribution in [1.82, 2.24) is 15.8 Å². The molecule has 5 nitrogen and oxygen atoms in total. The second kappa shape index (κ2) is 8.23. The van der Waals surface area contributed by atoms with Gasteiger partial charge in [0, 0.05) is 5.56 Å². The van der Waals surface area contributed by atoms with Crippen LogP contribution in [-0.4, -0.2) is 29.4 Å². The molecular formula is C23H23N3O2. The van der Waals surface area contributed by atoms with Gasteiger partial charge in [0.25, 0.3) is 11.8 Å². The van der Waals surface area contributed by atoms with E-state index in [1.165, 1.54) is 5.01 Å². The number of nitrogens with zero attached hydrogens (tertiary/aromatic N) is 1. The Hall–Kier alpha value is -3.18. The third kappa shape index (κ3) is 3.89. The Kier molecular flexibility index (Phi) is 5.35. The molecular weight excluding hydrogens is 350 g/mol. The van der Waals surface area contributed by atoms with Gasteiger partial charge in [-0.2, -0.15) is 0 Å². The first-order valence-corrected chi connectivity index (χ1v) is 9.60. The van der Waals surface area contributed by atoms with E-state index in [2.05, 4.69) is 10.7 Å². The van der Waals surface area contributed by atoms with Gasteiger partial charge < -0.3 is 5.32 Å². The molecule has 0 aromatic heterocycles. The molecule has 4 rings (SSSR count). The van der Waals surface area contributed by atoms with Gasteiger partial charge in [-0.25, -0.2) is 5.01 Å². The van der Waals surface area contributed by atoms with Gasteiger partial charge in [-0.1, -0.05) is 66.7 Å². The highest BCUT2D eigenvalue weighted by atomic mass is 16.2. The largest absolute Gasteiger partial charge is 0.306 e. The predicted molar refractivity (Wildman–Crippen MR) is 109 cm³/mol. The van der Waals surface area contributed by atoms with Crippen molar-refractivity contribution in [1.29, 1.82) is 0 Å². The number of hydrazine groups is 1. The van der Waals surface area contributed by atoms with Gasteiger partial charge in [0.2, 0.25) is 0 Å². The fourth-order valence-corrected chi connectivity index (χ4v) is 3.60. The van der Waals surface area contributed by atoms with E-state index in [1.54, 1.807) is 0 Å². The molecule has 0 spiro atoms. The summed E-state index contributed by atoms with van der Waals surface area (Å²) < 4.78 is 0. The topological polar surface area (TPSA) is 61.4 Å². The standard InChI is InChI=1S/C23H23N3O2/c27-22(21-14-7-15-24-21)25-26(16-17-8-2-1-3-9-17)23(28)20-13-6-11-18-10-4-5-12-19(18)20/h1-6,8-13,21,24H,7,14-16H2,(H,25,27). The molecule has 1 aliphatic heterocycles. The first kappa shape index (κ1) is 18.2. The molecule has 1 unspecified atom stereocenters. The molecule has 2 N–H and O–H groups in total. The van der Waals surface area contributed by atoms with Crippen molar-refractivity contribution in [2.75, 3.05) is 6.54 Å². The van der Waals surface area contributed by atoms with Gasteiger partial charge in [0.1, 0.15) is 0 Å². The van der Waals surface area contributed by atoms with Crippen molar-refractivity contribution < 1.29 is 9.59 Å². The first-order valence-electron chi connectivity index (χ1n) is 9.60. The summed E-state index contributed by atoms with van der Waals surface area (Å²) in [6.45, 7) is 1.13. The van der Waals surface area contributed by atoms with E-state index >= 15 is 0 Å². The van der Waals surface area contributed by atoms with Crippen LogP contribution in [-0.2, 0) is 11.3 Å². The van der Waals surface area contributed by atoms with Crippen LogP contribution in [0.5, 0.6) is 0 Å². The zero-order valence-electron chi connectivity index (χ0n) is 15.6.